The summed E-state index contributed by atoms with van der Waals surface area (Å²) in [7, 11) is 0. The largest absolute Gasteiger partial charge is 0.506 e. The minimum Gasteiger partial charge on any atom is -0.506 e. The van der Waals surface area contributed by atoms with E-state index >= 15 is 0 Å². The van der Waals surface area contributed by atoms with E-state index in [0.717, 1.165) is 12.1 Å². The summed E-state index contributed by atoms with van der Waals surface area (Å²) in [5, 5.41) is 9.48. The van der Waals surface area contributed by atoms with Crippen LogP contribution in [0.25, 0.3) is 11.1 Å². The maximum atomic E-state index is 13.0. The third-order valence-electron chi connectivity index (χ3n) is 2.26. The second-order valence-electron chi connectivity index (χ2n) is 3.42. The molecule has 0 bridgehead atoms. The van der Waals surface area contributed by atoms with Gasteiger partial charge in [-0.05, 0) is 35.4 Å². The maximum Gasteiger partial charge on any atom is 0.194 e. The van der Waals surface area contributed by atoms with Gasteiger partial charge in [-0.15, -0.1) is 0 Å². The fourth-order valence-electron chi connectivity index (χ4n) is 1.41. The van der Waals surface area contributed by atoms with Crippen molar-refractivity contribution >= 4 is 11.6 Å². The molecule has 5 heteroatoms. The standard InChI is InChI=1S/C12H6ClF3O/c13-8-2-1-6(5-11(8)17)7-3-9(14)12(16)10(15)4-7/h1-5,17H. The van der Waals surface area contributed by atoms with E-state index < -0.39 is 17.5 Å². The lowest BCUT2D eigenvalue weighted by atomic mass is 10.0. The first-order valence-electron chi connectivity index (χ1n) is 4.62. The van der Waals surface area contributed by atoms with E-state index in [1.54, 1.807) is 0 Å². The van der Waals surface area contributed by atoms with Crippen molar-refractivity contribution in [2.75, 3.05) is 0 Å². The van der Waals surface area contributed by atoms with Crippen molar-refractivity contribution in [2.45, 2.75) is 0 Å². The number of benzene rings is 2. The normalized spacial score (nSPS) is 10.6. The van der Waals surface area contributed by atoms with E-state index in [9.17, 15) is 18.3 Å². The van der Waals surface area contributed by atoms with Crippen LogP contribution in [0.2, 0.25) is 5.02 Å². The maximum absolute atomic E-state index is 13.0. The lowest BCUT2D eigenvalue weighted by Crippen LogP contribution is -1.91. The number of phenolic OH excluding ortho intramolecular Hbond substituents is 1. The van der Waals surface area contributed by atoms with Crippen LogP contribution in [0.4, 0.5) is 13.2 Å². The molecule has 0 fully saturated rings. The summed E-state index contributed by atoms with van der Waals surface area (Å²) in [5.41, 5.74) is 0.457. The highest BCUT2D eigenvalue weighted by Crippen LogP contribution is 2.30. The predicted octanol–water partition coefficient (Wildman–Crippen LogP) is 4.13. The molecule has 0 atom stereocenters. The molecule has 0 saturated carbocycles. The lowest BCUT2D eigenvalue weighted by Gasteiger charge is -2.05. The predicted molar refractivity (Wildman–Crippen MR) is 58.4 cm³/mol. The second-order valence-corrected chi connectivity index (χ2v) is 3.83. The van der Waals surface area contributed by atoms with Gasteiger partial charge < -0.3 is 5.11 Å². The number of hydrogen-bond acceptors (Lipinski definition) is 1. The average molecular weight is 259 g/mol. The summed E-state index contributed by atoms with van der Waals surface area (Å²) < 4.78 is 38.8. The van der Waals surface area contributed by atoms with Gasteiger partial charge in [0, 0.05) is 0 Å². The summed E-state index contributed by atoms with van der Waals surface area (Å²) in [6.45, 7) is 0. The molecular weight excluding hydrogens is 253 g/mol. The highest BCUT2D eigenvalue weighted by Gasteiger charge is 2.12. The summed E-state index contributed by atoms with van der Waals surface area (Å²) in [4.78, 5) is 0. The van der Waals surface area contributed by atoms with Crippen LogP contribution in [-0.4, -0.2) is 5.11 Å². The first kappa shape index (κ1) is 11.8. The van der Waals surface area contributed by atoms with Gasteiger partial charge in [-0.3, -0.25) is 0 Å². The Morgan fingerprint density at radius 3 is 2.00 bits per heavy atom. The van der Waals surface area contributed by atoms with Crippen molar-refractivity contribution < 1.29 is 18.3 Å². The first-order valence-corrected chi connectivity index (χ1v) is 5.00. The smallest absolute Gasteiger partial charge is 0.194 e. The fraction of sp³-hybridized carbons (Fsp3) is 0. The Kier molecular flexibility index (Phi) is 2.98. The zero-order valence-corrected chi connectivity index (χ0v) is 9.10. The van der Waals surface area contributed by atoms with E-state index in [1.807, 2.05) is 0 Å². The van der Waals surface area contributed by atoms with Crippen LogP contribution in [0.1, 0.15) is 0 Å². The number of phenols is 1. The summed E-state index contributed by atoms with van der Waals surface area (Å²) in [6.07, 6.45) is 0. The van der Waals surface area contributed by atoms with Crippen LogP contribution < -0.4 is 0 Å². The van der Waals surface area contributed by atoms with E-state index in [2.05, 4.69) is 0 Å². The van der Waals surface area contributed by atoms with Crippen molar-refractivity contribution in [2.24, 2.45) is 0 Å². The zero-order valence-electron chi connectivity index (χ0n) is 8.35. The molecule has 0 aromatic heterocycles. The molecule has 0 amide bonds. The number of hydrogen-bond donors (Lipinski definition) is 1. The van der Waals surface area contributed by atoms with Crippen LogP contribution in [0.5, 0.6) is 5.75 Å². The van der Waals surface area contributed by atoms with Crippen molar-refractivity contribution in [3.8, 4) is 16.9 Å². The molecule has 2 rings (SSSR count). The van der Waals surface area contributed by atoms with E-state index in [-0.39, 0.29) is 16.3 Å². The molecule has 0 spiro atoms. The molecule has 88 valence electrons. The van der Waals surface area contributed by atoms with Crippen LogP contribution in [0.3, 0.4) is 0 Å². The third kappa shape index (κ3) is 2.22. The first-order chi connectivity index (χ1) is 7.99. The Balaban J connectivity index is 2.57. The quantitative estimate of drug-likeness (QED) is 0.763. The molecule has 1 N–H and O–H groups in total. The number of rotatable bonds is 1. The molecular formula is C12H6ClF3O. The Bertz CT molecular complexity index is 561. The van der Waals surface area contributed by atoms with Gasteiger partial charge in [0.1, 0.15) is 5.75 Å². The average Bonchev–Trinajstić information content (AvgIpc) is 2.29. The number of aromatic hydroxyl groups is 1. The fourth-order valence-corrected chi connectivity index (χ4v) is 1.53. The van der Waals surface area contributed by atoms with Crippen molar-refractivity contribution in [1.82, 2.24) is 0 Å². The van der Waals surface area contributed by atoms with Crippen LogP contribution in [0, 0.1) is 17.5 Å². The summed E-state index contributed by atoms with van der Waals surface area (Å²) in [6, 6.07) is 5.79. The van der Waals surface area contributed by atoms with Crippen LogP contribution >= 0.6 is 11.6 Å². The van der Waals surface area contributed by atoms with Crippen LogP contribution in [-0.2, 0) is 0 Å². The SMILES string of the molecule is Oc1cc(-c2cc(F)c(F)c(F)c2)ccc1Cl. The molecule has 0 aliphatic rings. The minimum atomic E-state index is -1.52. The third-order valence-corrected chi connectivity index (χ3v) is 2.58. The lowest BCUT2D eigenvalue weighted by molar-refractivity contribution is 0.447. The molecule has 0 radical (unpaired) electrons. The highest BCUT2D eigenvalue weighted by atomic mass is 35.5. The van der Waals surface area contributed by atoms with Gasteiger partial charge in [0.25, 0.3) is 0 Å². The highest BCUT2D eigenvalue weighted by molar-refractivity contribution is 6.32. The molecule has 2 aromatic rings. The van der Waals surface area contributed by atoms with Gasteiger partial charge in [-0.25, -0.2) is 13.2 Å². The second kappa shape index (κ2) is 4.30. The Morgan fingerprint density at radius 2 is 1.47 bits per heavy atom. The summed E-state index contributed by atoms with van der Waals surface area (Å²) in [5.74, 6) is -4.30. The molecule has 0 heterocycles. The van der Waals surface area contributed by atoms with E-state index in [1.165, 1.54) is 18.2 Å². The van der Waals surface area contributed by atoms with Gasteiger partial charge in [-0.2, -0.15) is 0 Å². The molecule has 17 heavy (non-hydrogen) atoms. The van der Waals surface area contributed by atoms with Crippen LogP contribution in [0.15, 0.2) is 30.3 Å². The molecule has 2 aromatic carbocycles. The molecule has 0 saturated heterocycles. The van der Waals surface area contributed by atoms with E-state index in [0.29, 0.717) is 5.56 Å². The van der Waals surface area contributed by atoms with Crippen molar-refractivity contribution in [3.05, 3.63) is 52.8 Å². The van der Waals surface area contributed by atoms with Crippen molar-refractivity contribution in [1.29, 1.82) is 0 Å². The monoisotopic (exact) mass is 258 g/mol. The van der Waals surface area contributed by atoms with E-state index in [4.69, 9.17) is 11.6 Å². The van der Waals surface area contributed by atoms with Gasteiger partial charge in [0.15, 0.2) is 17.5 Å². The van der Waals surface area contributed by atoms with Gasteiger partial charge in [0.05, 0.1) is 5.02 Å². The Morgan fingerprint density at radius 1 is 0.882 bits per heavy atom. The van der Waals surface area contributed by atoms with Crippen molar-refractivity contribution in [3.63, 3.8) is 0 Å². The molecule has 1 nitrogen and oxygen atoms in total. The Labute approximate surface area is 100 Å². The zero-order chi connectivity index (χ0) is 12.6. The number of halogens is 4. The van der Waals surface area contributed by atoms with Gasteiger partial charge in [-0.1, -0.05) is 17.7 Å². The Hall–Kier alpha value is -1.68. The van der Waals surface area contributed by atoms with Gasteiger partial charge >= 0.3 is 0 Å². The molecule has 0 unspecified atom stereocenters. The summed E-state index contributed by atoms with van der Waals surface area (Å²) >= 11 is 5.60. The topological polar surface area (TPSA) is 20.2 Å². The molecule has 0 aliphatic carbocycles. The molecule has 0 aliphatic heterocycles. The van der Waals surface area contributed by atoms with Gasteiger partial charge in [0.2, 0.25) is 0 Å². The minimum absolute atomic E-state index is 0.119.